The first-order chi connectivity index (χ1) is 9.81. The van der Waals surface area contributed by atoms with Gasteiger partial charge in [0.15, 0.2) is 0 Å². The number of benzene rings is 1. The highest BCUT2D eigenvalue weighted by atomic mass is 15.2. The molecule has 1 N–H and O–H groups in total. The van der Waals surface area contributed by atoms with Crippen LogP contribution in [0.4, 0.5) is 5.69 Å². The van der Waals surface area contributed by atoms with E-state index in [2.05, 4.69) is 39.5 Å². The lowest BCUT2D eigenvalue weighted by Gasteiger charge is -2.41. The van der Waals surface area contributed by atoms with Gasteiger partial charge < -0.3 is 10.2 Å². The molecule has 1 aromatic carbocycles. The third-order valence-corrected chi connectivity index (χ3v) is 4.42. The van der Waals surface area contributed by atoms with Crippen LogP contribution in [0, 0.1) is 0 Å². The fourth-order valence-electron chi connectivity index (χ4n) is 3.19. The van der Waals surface area contributed by atoms with Gasteiger partial charge in [-0.05, 0) is 39.3 Å². The highest BCUT2D eigenvalue weighted by molar-refractivity contribution is 5.90. The Hall–Kier alpha value is -1.68. The number of anilines is 1. The van der Waals surface area contributed by atoms with Crippen molar-refractivity contribution < 1.29 is 0 Å². The first kappa shape index (κ1) is 13.3. The zero-order valence-corrected chi connectivity index (χ0v) is 12.2. The van der Waals surface area contributed by atoms with Crippen molar-refractivity contribution in [3.8, 4) is 0 Å². The average molecular weight is 270 g/mol. The van der Waals surface area contributed by atoms with Crippen LogP contribution in [0.15, 0.2) is 30.5 Å². The van der Waals surface area contributed by atoms with E-state index in [1.165, 1.54) is 30.3 Å². The number of fused-ring (bicyclic) bond motifs is 1. The van der Waals surface area contributed by atoms with Crippen molar-refractivity contribution >= 4 is 16.6 Å². The van der Waals surface area contributed by atoms with Gasteiger partial charge in [0.2, 0.25) is 0 Å². The number of nitrogens with zero attached hydrogens (tertiary/aromatic N) is 3. The summed E-state index contributed by atoms with van der Waals surface area (Å²) in [5.74, 6) is 0. The molecular weight excluding hydrogens is 248 g/mol. The molecule has 2 heterocycles. The molecule has 0 amide bonds. The summed E-state index contributed by atoms with van der Waals surface area (Å²) in [7, 11) is 2.04. The standard InChI is InChI=1S/C16H22N4/c1-12(17-2)15-9-5-6-10-20(15)16-11-18-19-14-8-4-3-7-13(14)16/h3-4,7-8,11-12,15,17H,5-6,9-10H2,1-2H3. The van der Waals surface area contributed by atoms with E-state index in [0.717, 1.165) is 12.1 Å². The summed E-state index contributed by atoms with van der Waals surface area (Å²) in [5, 5.41) is 13.0. The van der Waals surface area contributed by atoms with E-state index in [0.29, 0.717) is 12.1 Å². The largest absolute Gasteiger partial charge is 0.365 e. The maximum atomic E-state index is 4.23. The van der Waals surface area contributed by atoms with Gasteiger partial charge in [0, 0.05) is 24.0 Å². The van der Waals surface area contributed by atoms with E-state index in [-0.39, 0.29) is 0 Å². The monoisotopic (exact) mass is 270 g/mol. The van der Waals surface area contributed by atoms with Crippen LogP contribution in [0.3, 0.4) is 0 Å². The first-order valence-corrected chi connectivity index (χ1v) is 7.45. The zero-order valence-electron chi connectivity index (χ0n) is 12.2. The highest BCUT2D eigenvalue weighted by Gasteiger charge is 2.27. The summed E-state index contributed by atoms with van der Waals surface area (Å²) in [5.41, 5.74) is 2.20. The molecule has 106 valence electrons. The number of nitrogens with one attached hydrogen (secondary N) is 1. The Labute approximate surface area is 120 Å². The second-order valence-corrected chi connectivity index (χ2v) is 5.58. The SMILES string of the molecule is CNC(C)C1CCCCN1c1cnnc2ccccc12. The molecule has 1 fully saturated rings. The molecule has 0 spiro atoms. The van der Waals surface area contributed by atoms with Crippen LogP contribution < -0.4 is 10.2 Å². The molecule has 4 nitrogen and oxygen atoms in total. The molecule has 0 aliphatic carbocycles. The van der Waals surface area contributed by atoms with Crippen LogP contribution in [0.25, 0.3) is 10.9 Å². The smallest absolute Gasteiger partial charge is 0.0950 e. The molecule has 2 aromatic rings. The number of hydrogen-bond acceptors (Lipinski definition) is 4. The van der Waals surface area contributed by atoms with Crippen molar-refractivity contribution in [1.82, 2.24) is 15.5 Å². The normalized spacial score (nSPS) is 21.1. The van der Waals surface area contributed by atoms with Gasteiger partial charge in [-0.15, -0.1) is 0 Å². The summed E-state index contributed by atoms with van der Waals surface area (Å²) >= 11 is 0. The van der Waals surface area contributed by atoms with Gasteiger partial charge >= 0.3 is 0 Å². The van der Waals surface area contributed by atoms with Gasteiger partial charge in [0.05, 0.1) is 17.4 Å². The van der Waals surface area contributed by atoms with Crippen LogP contribution in [-0.4, -0.2) is 35.9 Å². The van der Waals surface area contributed by atoms with Crippen LogP contribution in [0.1, 0.15) is 26.2 Å². The number of hydrogen-bond donors (Lipinski definition) is 1. The van der Waals surface area contributed by atoms with Gasteiger partial charge in [-0.25, -0.2) is 0 Å². The van der Waals surface area contributed by atoms with Crippen molar-refractivity contribution in [2.45, 2.75) is 38.3 Å². The van der Waals surface area contributed by atoms with Crippen molar-refractivity contribution in [2.24, 2.45) is 0 Å². The van der Waals surface area contributed by atoms with Crippen LogP contribution in [0.2, 0.25) is 0 Å². The predicted octanol–water partition coefficient (Wildman–Crippen LogP) is 2.60. The Morgan fingerprint density at radius 2 is 2.15 bits per heavy atom. The van der Waals surface area contributed by atoms with Crippen LogP contribution >= 0.6 is 0 Å². The molecule has 0 radical (unpaired) electrons. The summed E-state index contributed by atoms with van der Waals surface area (Å²) in [6.07, 6.45) is 5.72. The lowest BCUT2D eigenvalue weighted by molar-refractivity contribution is 0.383. The number of rotatable bonds is 3. The average Bonchev–Trinajstić information content (AvgIpc) is 2.53. The van der Waals surface area contributed by atoms with E-state index in [1.807, 2.05) is 25.4 Å². The molecule has 3 rings (SSSR count). The summed E-state index contributed by atoms with van der Waals surface area (Å²) in [6.45, 7) is 3.37. The van der Waals surface area contributed by atoms with Gasteiger partial charge in [0.1, 0.15) is 0 Å². The molecule has 2 atom stereocenters. The molecule has 1 aliphatic heterocycles. The minimum Gasteiger partial charge on any atom is -0.365 e. The highest BCUT2D eigenvalue weighted by Crippen LogP contribution is 2.31. The first-order valence-electron chi connectivity index (χ1n) is 7.45. The molecule has 4 heteroatoms. The molecule has 0 saturated carbocycles. The van der Waals surface area contributed by atoms with E-state index in [9.17, 15) is 0 Å². The van der Waals surface area contributed by atoms with Gasteiger partial charge in [-0.1, -0.05) is 18.2 Å². The Kier molecular flexibility index (Phi) is 3.83. The van der Waals surface area contributed by atoms with Crippen molar-refractivity contribution in [3.63, 3.8) is 0 Å². The molecule has 1 saturated heterocycles. The molecule has 20 heavy (non-hydrogen) atoms. The minimum atomic E-state index is 0.474. The van der Waals surface area contributed by atoms with Gasteiger partial charge in [-0.3, -0.25) is 0 Å². The van der Waals surface area contributed by atoms with Crippen LogP contribution in [-0.2, 0) is 0 Å². The Morgan fingerprint density at radius 1 is 1.30 bits per heavy atom. The summed E-state index contributed by atoms with van der Waals surface area (Å²) in [6, 6.07) is 9.28. The quantitative estimate of drug-likeness (QED) is 0.931. The van der Waals surface area contributed by atoms with E-state index in [1.54, 1.807) is 0 Å². The van der Waals surface area contributed by atoms with Crippen molar-refractivity contribution in [1.29, 1.82) is 0 Å². The number of piperidine rings is 1. The van der Waals surface area contributed by atoms with Crippen molar-refractivity contribution in [3.05, 3.63) is 30.5 Å². The molecule has 0 bridgehead atoms. The second kappa shape index (κ2) is 5.75. The molecular formula is C16H22N4. The Bertz CT molecular complexity index is 578. The third-order valence-electron chi connectivity index (χ3n) is 4.42. The van der Waals surface area contributed by atoms with E-state index < -0.39 is 0 Å². The Morgan fingerprint density at radius 3 is 3.00 bits per heavy atom. The van der Waals surface area contributed by atoms with E-state index in [4.69, 9.17) is 0 Å². The maximum Gasteiger partial charge on any atom is 0.0950 e. The second-order valence-electron chi connectivity index (χ2n) is 5.58. The molecule has 1 aromatic heterocycles. The molecule has 1 aliphatic rings. The summed E-state index contributed by atoms with van der Waals surface area (Å²) < 4.78 is 0. The fraction of sp³-hybridized carbons (Fsp3) is 0.500. The maximum absolute atomic E-state index is 4.23. The topological polar surface area (TPSA) is 41.0 Å². The summed E-state index contributed by atoms with van der Waals surface area (Å²) in [4.78, 5) is 2.52. The Balaban J connectivity index is 2.03. The van der Waals surface area contributed by atoms with Crippen LogP contribution in [0.5, 0.6) is 0 Å². The number of aromatic nitrogens is 2. The lowest BCUT2D eigenvalue weighted by atomic mass is 9.95. The van der Waals surface area contributed by atoms with Gasteiger partial charge in [-0.2, -0.15) is 10.2 Å². The predicted molar refractivity (Wildman–Crippen MR) is 83.0 cm³/mol. The third kappa shape index (κ3) is 2.36. The molecule has 2 unspecified atom stereocenters. The van der Waals surface area contributed by atoms with Gasteiger partial charge in [0.25, 0.3) is 0 Å². The van der Waals surface area contributed by atoms with Crippen molar-refractivity contribution in [2.75, 3.05) is 18.5 Å². The zero-order chi connectivity index (χ0) is 13.9. The fourth-order valence-corrected chi connectivity index (χ4v) is 3.19. The lowest BCUT2D eigenvalue weighted by Crippen LogP contribution is -2.50. The minimum absolute atomic E-state index is 0.474. The number of likely N-dealkylation sites (N-methyl/N-ethyl adjacent to an activating group) is 1. The van der Waals surface area contributed by atoms with E-state index >= 15 is 0 Å².